The van der Waals surface area contributed by atoms with Crippen molar-refractivity contribution >= 4 is 11.9 Å². The maximum absolute atomic E-state index is 11.9. The minimum atomic E-state index is -0.853. The van der Waals surface area contributed by atoms with Gasteiger partial charge >= 0.3 is 5.97 Å². The first kappa shape index (κ1) is 15.0. The number of carbonyl (C=O) groups excluding carboxylic acids is 1. The Morgan fingerprint density at radius 3 is 2.61 bits per heavy atom. The number of carbonyl (C=O) groups is 2. The molecule has 1 saturated carbocycles. The fourth-order valence-corrected chi connectivity index (χ4v) is 2.52. The van der Waals surface area contributed by atoms with Crippen molar-refractivity contribution in [2.45, 2.75) is 33.1 Å². The molecule has 1 fully saturated rings. The highest BCUT2D eigenvalue weighted by molar-refractivity contribution is 5.85. The molecule has 0 spiro atoms. The number of hydrogen-bond acceptors (Lipinski definition) is 3. The Morgan fingerprint density at radius 1 is 1.33 bits per heavy atom. The van der Waals surface area contributed by atoms with Crippen molar-refractivity contribution in [2.75, 3.05) is 19.8 Å². The summed E-state index contributed by atoms with van der Waals surface area (Å²) in [6.07, 6.45) is 2.04. The zero-order valence-electron chi connectivity index (χ0n) is 11.1. The number of nitrogens with one attached hydrogen (secondary N) is 1. The molecule has 1 aliphatic carbocycles. The lowest BCUT2D eigenvalue weighted by molar-refractivity contribution is -0.146. The van der Waals surface area contributed by atoms with Crippen LogP contribution in [0.4, 0.5) is 0 Å². The van der Waals surface area contributed by atoms with E-state index in [2.05, 4.69) is 5.32 Å². The Morgan fingerprint density at radius 2 is 2.00 bits per heavy atom. The van der Waals surface area contributed by atoms with E-state index in [4.69, 9.17) is 9.84 Å². The highest BCUT2D eigenvalue weighted by Gasteiger charge is 2.40. The fraction of sp³-hybridized carbons (Fsp3) is 0.846. The summed E-state index contributed by atoms with van der Waals surface area (Å²) in [5.41, 5.74) is 0. The second-order valence-electron chi connectivity index (χ2n) is 4.97. The molecule has 1 aliphatic rings. The Hall–Kier alpha value is -1.10. The maximum atomic E-state index is 11.9. The molecule has 5 heteroatoms. The molecule has 1 amide bonds. The van der Waals surface area contributed by atoms with E-state index in [1.807, 2.05) is 13.8 Å². The molecule has 0 aromatic rings. The second-order valence-corrected chi connectivity index (χ2v) is 4.97. The van der Waals surface area contributed by atoms with Gasteiger partial charge in [0, 0.05) is 19.8 Å². The minimum absolute atomic E-state index is 0.122. The lowest BCUT2D eigenvalue weighted by Crippen LogP contribution is -2.36. The SMILES string of the molecule is CCOCCCNC(=O)C1CC(C)CC1C(=O)O. The number of hydrogen-bond donors (Lipinski definition) is 2. The third-order valence-corrected chi connectivity index (χ3v) is 3.42. The van der Waals surface area contributed by atoms with Crippen LogP contribution in [0, 0.1) is 17.8 Å². The largest absolute Gasteiger partial charge is 0.481 e. The predicted octanol–water partition coefficient (Wildman–Crippen LogP) is 1.28. The van der Waals surface area contributed by atoms with E-state index in [1.165, 1.54) is 0 Å². The molecule has 3 unspecified atom stereocenters. The monoisotopic (exact) mass is 257 g/mol. The van der Waals surface area contributed by atoms with Crippen molar-refractivity contribution in [3.05, 3.63) is 0 Å². The second kappa shape index (κ2) is 7.36. The van der Waals surface area contributed by atoms with Crippen LogP contribution in [0.1, 0.15) is 33.1 Å². The van der Waals surface area contributed by atoms with Gasteiger partial charge in [0.1, 0.15) is 0 Å². The van der Waals surface area contributed by atoms with Crippen molar-refractivity contribution in [3.63, 3.8) is 0 Å². The van der Waals surface area contributed by atoms with Gasteiger partial charge in [0.15, 0.2) is 0 Å². The van der Waals surface area contributed by atoms with E-state index in [1.54, 1.807) is 0 Å². The summed E-state index contributed by atoms with van der Waals surface area (Å²) in [5, 5.41) is 11.9. The summed E-state index contributed by atoms with van der Waals surface area (Å²) in [4.78, 5) is 23.0. The van der Waals surface area contributed by atoms with Gasteiger partial charge in [-0.1, -0.05) is 6.92 Å². The van der Waals surface area contributed by atoms with Crippen LogP contribution in [-0.4, -0.2) is 36.7 Å². The molecule has 0 aliphatic heterocycles. The normalized spacial score (nSPS) is 27.1. The lowest BCUT2D eigenvalue weighted by atomic mass is 9.95. The predicted molar refractivity (Wildman–Crippen MR) is 67.1 cm³/mol. The standard InChI is InChI=1S/C13H23NO4/c1-3-18-6-4-5-14-12(15)10-7-9(2)8-11(10)13(16)17/h9-11H,3-8H2,1-2H3,(H,14,15)(H,16,17). The third-order valence-electron chi connectivity index (χ3n) is 3.42. The van der Waals surface area contributed by atoms with Crippen LogP contribution < -0.4 is 5.32 Å². The Bertz CT molecular complexity index is 293. The first-order valence-corrected chi connectivity index (χ1v) is 6.64. The van der Waals surface area contributed by atoms with Crippen molar-refractivity contribution in [1.29, 1.82) is 0 Å². The van der Waals surface area contributed by atoms with E-state index in [0.717, 1.165) is 6.42 Å². The van der Waals surface area contributed by atoms with Crippen LogP contribution in [-0.2, 0) is 14.3 Å². The van der Waals surface area contributed by atoms with Crippen LogP contribution in [0.25, 0.3) is 0 Å². The van der Waals surface area contributed by atoms with Gasteiger partial charge in [-0.05, 0) is 32.1 Å². The Kier molecular flexibility index (Phi) is 6.12. The molecule has 1 rings (SSSR count). The van der Waals surface area contributed by atoms with Crippen molar-refractivity contribution in [1.82, 2.24) is 5.32 Å². The molecule has 2 N–H and O–H groups in total. The van der Waals surface area contributed by atoms with E-state index in [9.17, 15) is 9.59 Å². The third kappa shape index (κ3) is 4.29. The van der Waals surface area contributed by atoms with Gasteiger partial charge < -0.3 is 15.2 Å². The van der Waals surface area contributed by atoms with Gasteiger partial charge in [-0.25, -0.2) is 0 Å². The number of carboxylic acid groups (broad SMARTS) is 1. The molecule has 18 heavy (non-hydrogen) atoms. The molecule has 5 nitrogen and oxygen atoms in total. The average Bonchev–Trinajstić information content (AvgIpc) is 2.71. The van der Waals surface area contributed by atoms with Gasteiger partial charge in [-0.3, -0.25) is 9.59 Å². The molecule has 0 heterocycles. The average molecular weight is 257 g/mol. The van der Waals surface area contributed by atoms with Gasteiger partial charge in [-0.2, -0.15) is 0 Å². The van der Waals surface area contributed by atoms with Crippen LogP contribution >= 0.6 is 0 Å². The first-order valence-electron chi connectivity index (χ1n) is 6.64. The molecule has 0 radical (unpaired) electrons. The van der Waals surface area contributed by atoms with Crippen LogP contribution in [0.5, 0.6) is 0 Å². The van der Waals surface area contributed by atoms with Crippen molar-refractivity contribution in [2.24, 2.45) is 17.8 Å². The number of amides is 1. The molecule has 0 aromatic carbocycles. The van der Waals surface area contributed by atoms with Crippen LogP contribution in [0.3, 0.4) is 0 Å². The first-order chi connectivity index (χ1) is 8.56. The number of ether oxygens (including phenoxy) is 1. The molecule has 0 bridgehead atoms. The number of rotatable bonds is 7. The molecule has 0 aromatic heterocycles. The smallest absolute Gasteiger partial charge is 0.307 e. The van der Waals surface area contributed by atoms with Crippen molar-refractivity contribution in [3.8, 4) is 0 Å². The summed E-state index contributed by atoms with van der Waals surface area (Å²) in [6.45, 7) is 5.78. The number of aliphatic carboxylic acids is 1. The van der Waals surface area contributed by atoms with Crippen LogP contribution in [0.2, 0.25) is 0 Å². The quantitative estimate of drug-likeness (QED) is 0.674. The highest BCUT2D eigenvalue weighted by Crippen LogP contribution is 2.36. The van der Waals surface area contributed by atoms with Gasteiger partial charge in [0.05, 0.1) is 11.8 Å². The highest BCUT2D eigenvalue weighted by atomic mass is 16.5. The molecule has 3 atom stereocenters. The summed E-state index contributed by atoms with van der Waals surface area (Å²) in [6, 6.07) is 0. The molecular formula is C13H23NO4. The topological polar surface area (TPSA) is 75.6 Å². The summed E-state index contributed by atoms with van der Waals surface area (Å²) >= 11 is 0. The van der Waals surface area contributed by atoms with Gasteiger partial charge in [0.25, 0.3) is 0 Å². The molecule has 104 valence electrons. The molecular weight excluding hydrogens is 234 g/mol. The van der Waals surface area contributed by atoms with E-state index in [0.29, 0.717) is 38.5 Å². The van der Waals surface area contributed by atoms with Crippen molar-refractivity contribution < 1.29 is 19.4 Å². The lowest BCUT2D eigenvalue weighted by Gasteiger charge is -2.15. The zero-order valence-corrected chi connectivity index (χ0v) is 11.1. The van der Waals surface area contributed by atoms with E-state index >= 15 is 0 Å². The van der Waals surface area contributed by atoms with E-state index < -0.39 is 11.9 Å². The number of carboxylic acids is 1. The minimum Gasteiger partial charge on any atom is -0.481 e. The van der Waals surface area contributed by atoms with E-state index in [-0.39, 0.29) is 11.8 Å². The summed E-state index contributed by atoms with van der Waals surface area (Å²) in [5.74, 6) is -1.56. The van der Waals surface area contributed by atoms with Gasteiger partial charge in [-0.15, -0.1) is 0 Å². The van der Waals surface area contributed by atoms with Crippen LogP contribution in [0.15, 0.2) is 0 Å². The Labute approximate surface area is 108 Å². The summed E-state index contributed by atoms with van der Waals surface area (Å²) in [7, 11) is 0. The maximum Gasteiger partial charge on any atom is 0.307 e. The molecule has 0 saturated heterocycles. The van der Waals surface area contributed by atoms with Gasteiger partial charge in [0.2, 0.25) is 5.91 Å². The summed E-state index contributed by atoms with van der Waals surface area (Å²) < 4.78 is 5.17. The fourth-order valence-electron chi connectivity index (χ4n) is 2.52. The zero-order chi connectivity index (χ0) is 13.5. The Balaban J connectivity index is 2.33.